The van der Waals surface area contributed by atoms with Crippen LogP contribution in [-0.2, 0) is 17.4 Å². The molecule has 0 saturated carbocycles. The summed E-state index contributed by atoms with van der Waals surface area (Å²) in [7, 11) is 0. The van der Waals surface area contributed by atoms with Crippen LogP contribution in [0.3, 0.4) is 0 Å². The fraction of sp³-hybridized carbons (Fsp3) is 0.143. The van der Waals surface area contributed by atoms with Gasteiger partial charge in [-0.3, -0.25) is 4.21 Å². The van der Waals surface area contributed by atoms with Gasteiger partial charge >= 0.3 is 6.18 Å². The smallest absolute Gasteiger partial charge is 0.416 e. The van der Waals surface area contributed by atoms with Gasteiger partial charge in [0.25, 0.3) is 0 Å². The average Bonchev–Trinajstić information content (AvgIpc) is 2.37. The summed E-state index contributed by atoms with van der Waals surface area (Å²) in [5.74, 6) is 0. The van der Waals surface area contributed by atoms with Crippen molar-refractivity contribution >= 4 is 17.0 Å². The highest BCUT2D eigenvalue weighted by Crippen LogP contribution is 2.32. The number of alkyl halides is 3. The quantitative estimate of drug-likeness (QED) is 0.874. The minimum Gasteiger partial charge on any atom is -0.755 e. The number of hydrogen-bond acceptors (Lipinski definition) is 2. The van der Waals surface area contributed by atoms with Gasteiger partial charge in [0.1, 0.15) is 0 Å². The summed E-state index contributed by atoms with van der Waals surface area (Å²) < 4.78 is 60.8. The van der Waals surface area contributed by atoms with Crippen LogP contribution < -0.4 is 4.72 Å². The van der Waals surface area contributed by atoms with Crippen molar-refractivity contribution in [3.8, 4) is 11.1 Å². The van der Waals surface area contributed by atoms with Crippen LogP contribution in [-0.4, -0.2) is 8.76 Å². The number of rotatable bonds is 3. The van der Waals surface area contributed by atoms with Crippen LogP contribution in [0.15, 0.2) is 42.5 Å². The van der Waals surface area contributed by atoms with Gasteiger partial charge in [-0.25, -0.2) is 0 Å². The zero-order valence-corrected chi connectivity index (χ0v) is 11.7. The molecule has 0 aliphatic rings. The molecule has 7 heteroatoms. The molecule has 0 aromatic heterocycles. The van der Waals surface area contributed by atoms with Crippen LogP contribution in [0.1, 0.15) is 11.1 Å². The van der Waals surface area contributed by atoms with Crippen molar-refractivity contribution in [3.05, 3.63) is 53.6 Å². The normalized spacial score (nSPS) is 13.0. The number of aryl methyl sites for hydroxylation is 1. The van der Waals surface area contributed by atoms with E-state index in [0.29, 0.717) is 11.3 Å². The van der Waals surface area contributed by atoms with E-state index in [9.17, 15) is 21.9 Å². The molecule has 0 amide bonds. The van der Waals surface area contributed by atoms with Crippen molar-refractivity contribution < 1.29 is 21.9 Å². The molecule has 2 aromatic rings. The Balaban J connectivity index is 2.32. The molecule has 3 nitrogen and oxygen atoms in total. The summed E-state index contributed by atoms with van der Waals surface area (Å²) in [5, 5.41) is 0. The Morgan fingerprint density at radius 1 is 1.10 bits per heavy atom. The van der Waals surface area contributed by atoms with Gasteiger partial charge in [0, 0.05) is 17.0 Å². The summed E-state index contributed by atoms with van der Waals surface area (Å²) in [5.41, 5.74) is 1.83. The summed E-state index contributed by atoms with van der Waals surface area (Å²) >= 11 is -2.41. The second-order valence-electron chi connectivity index (χ2n) is 4.44. The van der Waals surface area contributed by atoms with Crippen molar-refractivity contribution in [2.24, 2.45) is 0 Å². The Labute approximate surface area is 122 Å². The lowest BCUT2D eigenvalue weighted by Gasteiger charge is -2.13. The number of hydrogen-bond donors (Lipinski definition) is 1. The third-order valence-electron chi connectivity index (χ3n) is 2.95. The van der Waals surface area contributed by atoms with E-state index < -0.39 is 23.0 Å². The Hall–Kier alpha value is -1.86. The molecule has 0 fully saturated rings. The van der Waals surface area contributed by atoms with E-state index in [1.165, 1.54) is 12.1 Å². The lowest BCUT2D eigenvalue weighted by Crippen LogP contribution is -2.04. The zero-order chi connectivity index (χ0) is 15.6. The molecule has 0 aliphatic heterocycles. The van der Waals surface area contributed by atoms with Gasteiger partial charge in [-0.2, -0.15) is 13.2 Å². The van der Waals surface area contributed by atoms with Crippen LogP contribution in [0.5, 0.6) is 0 Å². The van der Waals surface area contributed by atoms with Crippen LogP contribution in [0.2, 0.25) is 0 Å². The lowest BCUT2D eigenvalue weighted by atomic mass is 9.99. The van der Waals surface area contributed by atoms with Crippen molar-refractivity contribution in [2.75, 3.05) is 4.72 Å². The Morgan fingerprint density at radius 2 is 1.71 bits per heavy atom. The first-order chi connectivity index (χ1) is 9.77. The summed E-state index contributed by atoms with van der Waals surface area (Å²) in [4.78, 5) is 0. The Bertz CT molecular complexity index is 669. The standard InChI is InChI=1S/C14H12F3NO2S/c1-9-8-12(18-21(19)20)6-7-13(9)10-2-4-11(5-3-10)14(15,16)17/h2-8,18H,1H3,(H,19,20)/p-1. The monoisotopic (exact) mass is 314 g/mol. The molecular weight excluding hydrogens is 303 g/mol. The molecule has 21 heavy (non-hydrogen) atoms. The van der Waals surface area contributed by atoms with E-state index in [1.807, 2.05) is 0 Å². The highest BCUT2D eigenvalue weighted by molar-refractivity contribution is 7.80. The van der Waals surface area contributed by atoms with Crippen LogP contribution in [0.25, 0.3) is 11.1 Å². The first-order valence-corrected chi connectivity index (χ1v) is 6.99. The molecule has 0 saturated heterocycles. The van der Waals surface area contributed by atoms with Crippen molar-refractivity contribution in [1.82, 2.24) is 0 Å². The van der Waals surface area contributed by atoms with Crippen molar-refractivity contribution in [1.29, 1.82) is 0 Å². The van der Waals surface area contributed by atoms with Gasteiger partial charge in [-0.15, -0.1) is 0 Å². The largest absolute Gasteiger partial charge is 0.755 e. The van der Waals surface area contributed by atoms with E-state index in [4.69, 9.17) is 0 Å². The SMILES string of the molecule is Cc1cc(NS(=O)[O-])ccc1-c1ccc(C(F)(F)F)cc1. The van der Waals surface area contributed by atoms with Gasteiger partial charge < -0.3 is 9.27 Å². The minimum absolute atomic E-state index is 0.400. The Morgan fingerprint density at radius 3 is 2.19 bits per heavy atom. The number of anilines is 1. The molecule has 0 heterocycles. The number of halogens is 3. The van der Waals surface area contributed by atoms with Gasteiger partial charge in [0.2, 0.25) is 0 Å². The van der Waals surface area contributed by atoms with Gasteiger partial charge in [-0.05, 0) is 47.9 Å². The van der Waals surface area contributed by atoms with E-state index in [2.05, 4.69) is 4.72 Å². The topological polar surface area (TPSA) is 52.2 Å². The van der Waals surface area contributed by atoms with E-state index >= 15 is 0 Å². The lowest BCUT2D eigenvalue weighted by molar-refractivity contribution is -0.137. The number of benzene rings is 2. The fourth-order valence-electron chi connectivity index (χ4n) is 1.99. The van der Waals surface area contributed by atoms with E-state index in [-0.39, 0.29) is 0 Å². The summed E-state index contributed by atoms with van der Waals surface area (Å²) in [6, 6.07) is 9.65. The molecule has 1 unspecified atom stereocenters. The maximum Gasteiger partial charge on any atom is 0.416 e. The molecule has 2 aromatic carbocycles. The van der Waals surface area contributed by atoms with Crippen LogP contribution >= 0.6 is 0 Å². The molecule has 1 atom stereocenters. The zero-order valence-electron chi connectivity index (χ0n) is 10.9. The second kappa shape index (κ2) is 5.87. The Kier molecular flexibility index (Phi) is 4.34. The molecule has 0 radical (unpaired) electrons. The molecule has 2 rings (SSSR count). The van der Waals surface area contributed by atoms with Crippen molar-refractivity contribution in [2.45, 2.75) is 13.1 Å². The minimum atomic E-state index is -4.36. The summed E-state index contributed by atoms with van der Waals surface area (Å²) in [6.45, 7) is 1.76. The predicted molar refractivity (Wildman–Crippen MR) is 74.2 cm³/mol. The number of nitrogens with one attached hydrogen (secondary N) is 1. The predicted octanol–water partition coefficient (Wildman–Crippen LogP) is 3.89. The third-order valence-corrected chi connectivity index (χ3v) is 3.35. The third kappa shape index (κ3) is 3.83. The van der Waals surface area contributed by atoms with Crippen molar-refractivity contribution in [3.63, 3.8) is 0 Å². The van der Waals surface area contributed by atoms with Gasteiger partial charge in [-0.1, -0.05) is 18.2 Å². The van der Waals surface area contributed by atoms with Crippen LogP contribution in [0.4, 0.5) is 18.9 Å². The second-order valence-corrected chi connectivity index (χ2v) is 5.12. The van der Waals surface area contributed by atoms with E-state index in [0.717, 1.165) is 23.3 Å². The molecule has 0 bridgehead atoms. The fourth-order valence-corrected chi connectivity index (χ4v) is 2.31. The maximum absolute atomic E-state index is 12.5. The van der Waals surface area contributed by atoms with E-state index in [1.54, 1.807) is 25.1 Å². The maximum atomic E-state index is 12.5. The molecule has 112 valence electrons. The molecular formula is C14H11F3NO2S-. The van der Waals surface area contributed by atoms with Crippen LogP contribution in [0, 0.1) is 6.92 Å². The van der Waals surface area contributed by atoms with Gasteiger partial charge in [0.15, 0.2) is 0 Å². The average molecular weight is 314 g/mol. The van der Waals surface area contributed by atoms with Gasteiger partial charge in [0.05, 0.1) is 5.56 Å². The highest BCUT2D eigenvalue weighted by atomic mass is 32.2. The molecule has 0 aliphatic carbocycles. The summed E-state index contributed by atoms with van der Waals surface area (Å²) in [6.07, 6.45) is -4.36. The highest BCUT2D eigenvalue weighted by Gasteiger charge is 2.29. The first kappa shape index (κ1) is 15.5. The molecule has 0 spiro atoms. The molecule has 1 N–H and O–H groups in total. The first-order valence-electron chi connectivity index (χ1n) is 5.91.